The van der Waals surface area contributed by atoms with Gasteiger partial charge in [-0.15, -0.1) is 0 Å². The van der Waals surface area contributed by atoms with Crippen molar-refractivity contribution in [3.8, 4) is 0 Å². The van der Waals surface area contributed by atoms with Crippen LogP contribution in [0.1, 0.15) is 15.9 Å². The zero-order valence-corrected chi connectivity index (χ0v) is 11.5. The van der Waals surface area contributed by atoms with E-state index < -0.39 is 0 Å². The first-order valence-electron chi connectivity index (χ1n) is 6.30. The van der Waals surface area contributed by atoms with Crippen molar-refractivity contribution in [2.45, 2.75) is 6.54 Å². The Morgan fingerprint density at radius 2 is 1.80 bits per heavy atom. The molecule has 0 spiro atoms. The SMILES string of the molecule is NCc1cn(C(=O)c2ccc(Cl)cc2)c2ccccc12. The van der Waals surface area contributed by atoms with Gasteiger partial charge >= 0.3 is 0 Å². The third kappa shape index (κ3) is 2.11. The number of benzene rings is 2. The first-order valence-corrected chi connectivity index (χ1v) is 6.68. The molecule has 0 bridgehead atoms. The zero-order valence-electron chi connectivity index (χ0n) is 10.7. The maximum absolute atomic E-state index is 12.6. The van der Waals surface area contributed by atoms with Crippen LogP contribution in [-0.4, -0.2) is 10.5 Å². The molecule has 3 nitrogen and oxygen atoms in total. The van der Waals surface area contributed by atoms with E-state index in [1.165, 1.54) is 0 Å². The lowest BCUT2D eigenvalue weighted by atomic mass is 10.2. The van der Waals surface area contributed by atoms with Gasteiger partial charge in [0.15, 0.2) is 0 Å². The molecule has 0 amide bonds. The average molecular weight is 285 g/mol. The minimum Gasteiger partial charge on any atom is -0.326 e. The topological polar surface area (TPSA) is 48.0 Å². The van der Waals surface area contributed by atoms with Crippen molar-refractivity contribution in [2.75, 3.05) is 0 Å². The van der Waals surface area contributed by atoms with Crippen molar-refractivity contribution in [1.82, 2.24) is 4.57 Å². The maximum atomic E-state index is 12.6. The highest BCUT2D eigenvalue weighted by atomic mass is 35.5. The summed E-state index contributed by atoms with van der Waals surface area (Å²) in [6.07, 6.45) is 1.81. The fourth-order valence-corrected chi connectivity index (χ4v) is 2.44. The molecule has 0 aliphatic heterocycles. The van der Waals surface area contributed by atoms with Crippen LogP contribution in [0, 0.1) is 0 Å². The monoisotopic (exact) mass is 284 g/mol. The van der Waals surface area contributed by atoms with Gasteiger partial charge in [0.1, 0.15) is 0 Å². The summed E-state index contributed by atoms with van der Waals surface area (Å²) >= 11 is 5.85. The van der Waals surface area contributed by atoms with Gasteiger partial charge in [0, 0.05) is 28.7 Å². The van der Waals surface area contributed by atoms with Gasteiger partial charge in [-0.3, -0.25) is 9.36 Å². The van der Waals surface area contributed by atoms with Crippen LogP contribution in [0.3, 0.4) is 0 Å². The molecular formula is C16H13ClN2O. The van der Waals surface area contributed by atoms with Gasteiger partial charge in [0.25, 0.3) is 5.91 Å². The molecule has 0 radical (unpaired) electrons. The van der Waals surface area contributed by atoms with Crippen LogP contribution in [0.4, 0.5) is 0 Å². The highest BCUT2D eigenvalue weighted by molar-refractivity contribution is 6.30. The molecule has 0 aliphatic carbocycles. The maximum Gasteiger partial charge on any atom is 0.262 e. The summed E-state index contributed by atoms with van der Waals surface area (Å²) in [5.41, 5.74) is 8.17. The third-order valence-corrected chi connectivity index (χ3v) is 3.58. The number of para-hydroxylation sites is 1. The highest BCUT2D eigenvalue weighted by Gasteiger charge is 2.14. The number of nitrogens with zero attached hydrogens (tertiary/aromatic N) is 1. The van der Waals surface area contributed by atoms with Gasteiger partial charge in [-0.25, -0.2) is 0 Å². The Morgan fingerprint density at radius 1 is 1.10 bits per heavy atom. The summed E-state index contributed by atoms with van der Waals surface area (Å²) in [7, 11) is 0. The number of carbonyl (C=O) groups is 1. The molecular weight excluding hydrogens is 272 g/mol. The molecule has 100 valence electrons. The van der Waals surface area contributed by atoms with Crippen molar-refractivity contribution in [1.29, 1.82) is 0 Å². The number of nitrogens with two attached hydrogens (primary N) is 1. The summed E-state index contributed by atoms with van der Waals surface area (Å²) in [5.74, 6) is -0.0856. The second-order valence-electron chi connectivity index (χ2n) is 4.56. The van der Waals surface area contributed by atoms with E-state index in [0.29, 0.717) is 17.1 Å². The Balaban J connectivity index is 2.14. The number of aromatic nitrogens is 1. The molecule has 0 unspecified atom stereocenters. The molecule has 0 fully saturated rings. The van der Waals surface area contributed by atoms with Gasteiger partial charge in [-0.05, 0) is 35.9 Å². The number of carbonyl (C=O) groups excluding carboxylic acids is 1. The second kappa shape index (κ2) is 5.12. The minimum atomic E-state index is -0.0856. The standard InChI is InChI=1S/C16H13ClN2O/c17-13-7-5-11(6-8-13)16(20)19-10-12(9-18)14-3-1-2-4-15(14)19/h1-8,10H,9,18H2. The van der Waals surface area contributed by atoms with Crippen LogP contribution >= 0.6 is 11.6 Å². The van der Waals surface area contributed by atoms with E-state index in [1.807, 2.05) is 30.5 Å². The molecule has 1 heterocycles. The predicted molar refractivity (Wildman–Crippen MR) is 81.0 cm³/mol. The van der Waals surface area contributed by atoms with Crippen LogP contribution < -0.4 is 5.73 Å². The Morgan fingerprint density at radius 3 is 2.50 bits per heavy atom. The quantitative estimate of drug-likeness (QED) is 0.783. The van der Waals surface area contributed by atoms with E-state index >= 15 is 0 Å². The summed E-state index contributed by atoms with van der Waals surface area (Å²) in [6.45, 7) is 0.404. The Hall–Kier alpha value is -2.10. The lowest BCUT2D eigenvalue weighted by Gasteiger charge is -2.04. The molecule has 0 aliphatic rings. The van der Waals surface area contributed by atoms with Crippen molar-refractivity contribution in [2.24, 2.45) is 5.73 Å². The summed E-state index contributed by atoms with van der Waals surface area (Å²) in [5, 5.41) is 1.62. The zero-order chi connectivity index (χ0) is 14.1. The molecule has 2 N–H and O–H groups in total. The van der Waals surface area contributed by atoms with Crippen molar-refractivity contribution in [3.05, 3.63) is 70.9 Å². The molecule has 3 rings (SSSR count). The summed E-state index contributed by atoms with van der Waals surface area (Å²) in [4.78, 5) is 12.6. The van der Waals surface area contributed by atoms with Crippen molar-refractivity contribution >= 4 is 28.4 Å². The molecule has 0 saturated carbocycles. The van der Waals surface area contributed by atoms with E-state index in [1.54, 1.807) is 28.8 Å². The molecule has 0 saturated heterocycles. The summed E-state index contributed by atoms with van der Waals surface area (Å²) < 4.78 is 1.64. The Bertz CT molecular complexity index is 775. The predicted octanol–water partition coefficient (Wildman–Crippen LogP) is 3.44. The van der Waals surface area contributed by atoms with Gasteiger partial charge < -0.3 is 5.73 Å². The number of hydrogen-bond acceptors (Lipinski definition) is 2. The molecule has 1 aromatic heterocycles. The van der Waals surface area contributed by atoms with Crippen molar-refractivity contribution in [3.63, 3.8) is 0 Å². The van der Waals surface area contributed by atoms with E-state index in [4.69, 9.17) is 17.3 Å². The lowest BCUT2D eigenvalue weighted by molar-refractivity contribution is 0.0965. The first-order chi connectivity index (χ1) is 9.70. The molecule has 2 aromatic carbocycles. The van der Waals surface area contributed by atoms with E-state index in [2.05, 4.69) is 0 Å². The van der Waals surface area contributed by atoms with Crippen LogP contribution in [0.25, 0.3) is 10.9 Å². The number of rotatable bonds is 2. The molecule has 3 aromatic rings. The number of hydrogen-bond donors (Lipinski definition) is 1. The first kappa shape index (κ1) is 12.9. The van der Waals surface area contributed by atoms with Gasteiger partial charge in [-0.1, -0.05) is 29.8 Å². The smallest absolute Gasteiger partial charge is 0.262 e. The van der Waals surface area contributed by atoms with Crippen LogP contribution in [0.2, 0.25) is 5.02 Å². The van der Waals surface area contributed by atoms with Gasteiger partial charge in [0.2, 0.25) is 0 Å². The summed E-state index contributed by atoms with van der Waals surface area (Å²) in [6, 6.07) is 14.6. The van der Waals surface area contributed by atoms with Crippen molar-refractivity contribution < 1.29 is 4.79 Å². The lowest BCUT2D eigenvalue weighted by Crippen LogP contribution is -2.10. The molecule has 0 atom stereocenters. The van der Waals surface area contributed by atoms with E-state index in [9.17, 15) is 4.79 Å². The minimum absolute atomic E-state index is 0.0856. The van der Waals surface area contributed by atoms with Gasteiger partial charge in [-0.2, -0.15) is 0 Å². The van der Waals surface area contributed by atoms with Crippen LogP contribution in [-0.2, 0) is 6.54 Å². The Kier molecular flexibility index (Phi) is 3.30. The second-order valence-corrected chi connectivity index (χ2v) is 4.99. The number of fused-ring (bicyclic) bond motifs is 1. The third-order valence-electron chi connectivity index (χ3n) is 3.32. The van der Waals surface area contributed by atoms with E-state index in [0.717, 1.165) is 16.5 Å². The highest BCUT2D eigenvalue weighted by Crippen LogP contribution is 2.22. The van der Waals surface area contributed by atoms with Crippen LogP contribution in [0.5, 0.6) is 0 Å². The van der Waals surface area contributed by atoms with Crippen LogP contribution in [0.15, 0.2) is 54.7 Å². The fourth-order valence-electron chi connectivity index (χ4n) is 2.31. The normalized spacial score (nSPS) is 10.9. The van der Waals surface area contributed by atoms with E-state index in [-0.39, 0.29) is 5.91 Å². The molecule has 4 heteroatoms. The fraction of sp³-hybridized carbons (Fsp3) is 0.0625. The van der Waals surface area contributed by atoms with Gasteiger partial charge in [0.05, 0.1) is 5.52 Å². The average Bonchev–Trinajstić information content (AvgIpc) is 2.86. The largest absolute Gasteiger partial charge is 0.326 e. The number of halogens is 1. The Labute approximate surface area is 121 Å². The molecule has 20 heavy (non-hydrogen) atoms.